The molecule has 1 aromatic rings. The minimum absolute atomic E-state index is 0.185. The summed E-state index contributed by atoms with van der Waals surface area (Å²) in [6, 6.07) is 8.34. The zero-order valence-electron chi connectivity index (χ0n) is 16.2. The van der Waals surface area contributed by atoms with E-state index in [4.69, 9.17) is 19.7 Å². The molecule has 2 rings (SSSR count). The number of ether oxygens (including phenoxy) is 1. The van der Waals surface area contributed by atoms with Gasteiger partial charge in [0.25, 0.3) is 0 Å². The predicted molar refractivity (Wildman–Crippen MR) is 101 cm³/mol. The Labute approximate surface area is 168 Å². The molecule has 1 saturated carbocycles. The lowest BCUT2D eigenvalue weighted by Gasteiger charge is -2.12. The van der Waals surface area contributed by atoms with Gasteiger partial charge in [0.2, 0.25) is 0 Å². The van der Waals surface area contributed by atoms with Gasteiger partial charge in [-0.2, -0.15) is 13.2 Å². The van der Waals surface area contributed by atoms with Crippen molar-refractivity contribution in [3.8, 4) is 5.75 Å². The summed E-state index contributed by atoms with van der Waals surface area (Å²) in [7, 11) is 0. The fourth-order valence-electron chi connectivity index (χ4n) is 2.92. The van der Waals surface area contributed by atoms with Crippen LogP contribution in [-0.4, -0.2) is 48.0 Å². The van der Waals surface area contributed by atoms with Gasteiger partial charge in [-0.3, -0.25) is 4.79 Å². The summed E-state index contributed by atoms with van der Waals surface area (Å²) < 4.78 is 37.7. The zero-order valence-corrected chi connectivity index (χ0v) is 16.2. The Morgan fingerprint density at radius 1 is 1.14 bits per heavy atom. The summed E-state index contributed by atoms with van der Waals surface area (Å²) in [5.74, 6) is -1.79. The Hall–Kier alpha value is -2.29. The highest BCUT2D eigenvalue weighted by Gasteiger charge is 2.38. The minimum Gasteiger partial charge on any atom is -0.493 e. The molecule has 0 atom stereocenters. The third kappa shape index (κ3) is 12.0. The zero-order chi connectivity index (χ0) is 21.7. The van der Waals surface area contributed by atoms with Crippen LogP contribution >= 0.6 is 0 Å². The van der Waals surface area contributed by atoms with Gasteiger partial charge in [-0.25, -0.2) is 4.79 Å². The van der Waals surface area contributed by atoms with Crippen molar-refractivity contribution in [2.45, 2.75) is 51.1 Å². The Morgan fingerprint density at radius 3 is 2.38 bits per heavy atom. The summed E-state index contributed by atoms with van der Waals surface area (Å²) in [5.41, 5.74) is 1.28. The van der Waals surface area contributed by atoms with Gasteiger partial charge in [0.1, 0.15) is 5.75 Å². The van der Waals surface area contributed by atoms with Crippen LogP contribution in [0.1, 0.15) is 44.1 Å². The van der Waals surface area contributed by atoms with E-state index >= 15 is 0 Å². The SMILES string of the molecule is O=C(O)C(F)(F)F.O=C(O)CCNCCCc1cccc(OCC2CCCC2)c1. The van der Waals surface area contributed by atoms with Crippen molar-refractivity contribution in [2.75, 3.05) is 19.7 Å². The van der Waals surface area contributed by atoms with Crippen molar-refractivity contribution in [3.05, 3.63) is 29.8 Å². The number of hydrogen-bond acceptors (Lipinski definition) is 4. The van der Waals surface area contributed by atoms with E-state index in [1.54, 1.807) is 0 Å². The van der Waals surface area contributed by atoms with Crippen molar-refractivity contribution in [3.63, 3.8) is 0 Å². The molecule has 0 radical (unpaired) electrons. The minimum atomic E-state index is -5.08. The number of aliphatic carboxylic acids is 2. The molecule has 0 spiro atoms. The number of aryl methyl sites for hydroxylation is 1. The second-order valence-corrected chi connectivity index (χ2v) is 6.91. The lowest BCUT2D eigenvalue weighted by atomic mass is 10.1. The molecule has 0 unspecified atom stereocenters. The largest absolute Gasteiger partial charge is 0.493 e. The molecule has 164 valence electrons. The lowest BCUT2D eigenvalue weighted by Crippen LogP contribution is -2.21. The highest BCUT2D eigenvalue weighted by molar-refractivity contribution is 5.73. The summed E-state index contributed by atoms with van der Waals surface area (Å²) in [4.78, 5) is 19.3. The van der Waals surface area contributed by atoms with Gasteiger partial charge in [0, 0.05) is 6.54 Å². The van der Waals surface area contributed by atoms with Gasteiger partial charge in [-0.15, -0.1) is 0 Å². The van der Waals surface area contributed by atoms with Crippen LogP contribution in [0, 0.1) is 5.92 Å². The maximum Gasteiger partial charge on any atom is 0.490 e. The molecule has 3 N–H and O–H groups in total. The van der Waals surface area contributed by atoms with Crippen LogP contribution < -0.4 is 10.1 Å². The van der Waals surface area contributed by atoms with Crippen molar-refractivity contribution in [1.82, 2.24) is 5.32 Å². The lowest BCUT2D eigenvalue weighted by molar-refractivity contribution is -0.192. The van der Waals surface area contributed by atoms with E-state index in [2.05, 4.69) is 23.5 Å². The van der Waals surface area contributed by atoms with Gasteiger partial charge in [-0.1, -0.05) is 25.0 Å². The first-order valence-corrected chi connectivity index (χ1v) is 9.63. The molecule has 0 aromatic heterocycles. The number of benzene rings is 1. The normalized spacial score (nSPS) is 14.2. The van der Waals surface area contributed by atoms with Gasteiger partial charge >= 0.3 is 18.1 Å². The summed E-state index contributed by atoms with van der Waals surface area (Å²) >= 11 is 0. The van der Waals surface area contributed by atoms with Gasteiger partial charge in [0.15, 0.2) is 0 Å². The smallest absolute Gasteiger partial charge is 0.490 e. The molecule has 9 heteroatoms. The second-order valence-electron chi connectivity index (χ2n) is 6.91. The maximum absolute atomic E-state index is 10.6. The molecule has 29 heavy (non-hydrogen) atoms. The van der Waals surface area contributed by atoms with E-state index in [1.165, 1.54) is 31.2 Å². The van der Waals surface area contributed by atoms with Crippen LogP contribution in [0.15, 0.2) is 24.3 Å². The first kappa shape index (κ1) is 24.7. The number of nitrogens with one attached hydrogen (secondary N) is 1. The summed E-state index contributed by atoms with van der Waals surface area (Å²) in [6.07, 6.45) is 2.41. The van der Waals surface area contributed by atoms with E-state index in [0.29, 0.717) is 6.54 Å². The van der Waals surface area contributed by atoms with E-state index in [-0.39, 0.29) is 6.42 Å². The maximum atomic E-state index is 10.6. The van der Waals surface area contributed by atoms with Gasteiger partial charge in [0.05, 0.1) is 13.0 Å². The Balaban J connectivity index is 0.000000516. The molecule has 0 amide bonds. The first-order valence-electron chi connectivity index (χ1n) is 9.63. The standard InChI is InChI=1S/C18H27NO3.C2HF3O2/c20-18(21)10-12-19-11-4-8-15-7-3-9-17(13-15)22-14-16-5-1-2-6-16;3-2(4,5)1(6)7/h3,7,9,13,16,19H,1-2,4-6,8,10-12,14H2,(H,20,21);(H,6,7). The quantitative estimate of drug-likeness (QED) is 0.498. The number of carbonyl (C=O) groups is 2. The molecule has 0 aliphatic heterocycles. The van der Waals surface area contributed by atoms with Crippen LogP contribution in [0.5, 0.6) is 5.75 Å². The average Bonchev–Trinajstić information content (AvgIpc) is 3.16. The third-order valence-corrected chi connectivity index (χ3v) is 4.44. The number of alkyl halides is 3. The Morgan fingerprint density at radius 2 is 1.79 bits per heavy atom. The summed E-state index contributed by atoms with van der Waals surface area (Å²) in [5, 5.41) is 18.8. The molecule has 6 nitrogen and oxygen atoms in total. The Bertz CT molecular complexity index is 631. The van der Waals surface area contributed by atoms with Crippen molar-refractivity contribution in [1.29, 1.82) is 0 Å². The number of carboxylic acids is 2. The van der Waals surface area contributed by atoms with Crippen molar-refractivity contribution >= 4 is 11.9 Å². The van der Waals surface area contributed by atoms with E-state index in [0.717, 1.165) is 37.7 Å². The molecule has 1 aliphatic carbocycles. The number of halogens is 3. The van der Waals surface area contributed by atoms with E-state index in [9.17, 15) is 18.0 Å². The van der Waals surface area contributed by atoms with Crippen LogP contribution in [0.2, 0.25) is 0 Å². The average molecular weight is 419 g/mol. The molecular weight excluding hydrogens is 391 g/mol. The molecule has 0 saturated heterocycles. The predicted octanol–water partition coefficient (Wildman–Crippen LogP) is 3.89. The molecule has 0 heterocycles. The highest BCUT2D eigenvalue weighted by atomic mass is 19.4. The molecular formula is C20H28F3NO5. The van der Waals surface area contributed by atoms with Crippen molar-refractivity contribution < 1.29 is 37.7 Å². The van der Waals surface area contributed by atoms with Gasteiger partial charge < -0.3 is 20.3 Å². The monoisotopic (exact) mass is 419 g/mol. The van der Waals surface area contributed by atoms with Gasteiger partial charge in [-0.05, 0) is 55.8 Å². The molecule has 0 bridgehead atoms. The second kappa shape index (κ2) is 13.0. The summed E-state index contributed by atoms with van der Waals surface area (Å²) in [6.45, 7) is 2.24. The van der Waals surface area contributed by atoms with E-state index in [1.807, 2.05) is 6.07 Å². The first-order chi connectivity index (χ1) is 13.7. The van der Waals surface area contributed by atoms with Crippen molar-refractivity contribution in [2.24, 2.45) is 5.92 Å². The number of rotatable bonds is 10. The van der Waals surface area contributed by atoms with Crippen LogP contribution in [0.4, 0.5) is 13.2 Å². The fraction of sp³-hybridized carbons (Fsp3) is 0.600. The van der Waals surface area contributed by atoms with Crippen LogP contribution in [0.25, 0.3) is 0 Å². The van der Waals surface area contributed by atoms with E-state index < -0.39 is 18.1 Å². The number of hydrogen-bond donors (Lipinski definition) is 3. The third-order valence-electron chi connectivity index (χ3n) is 4.44. The van der Waals surface area contributed by atoms with Crippen LogP contribution in [-0.2, 0) is 16.0 Å². The Kier molecular flexibility index (Phi) is 11.1. The number of carboxylic acid groups (broad SMARTS) is 2. The topological polar surface area (TPSA) is 95.9 Å². The molecule has 1 aromatic carbocycles. The molecule has 1 aliphatic rings. The fourth-order valence-corrected chi connectivity index (χ4v) is 2.92. The van der Waals surface area contributed by atoms with Crippen LogP contribution in [0.3, 0.4) is 0 Å². The highest BCUT2D eigenvalue weighted by Crippen LogP contribution is 2.25. The molecule has 1 fully saturated rings.